The highest BCUT2D eigenvalue weighted by Crippen LogP contribution is 2.16. The lowest BCUT2D eigenvalue weighted by Crippen LogP contribution is -2.27. The first-order valence-corrected chi connectivity index (χ1v) is 6.45. The smallest absolute Gasteiger partial charge is 0.412 e. The van der Waals surface area contributed by atoms with Gasteiger partial charge in [-0.05, 0) is 39.8 Å². The zero-order valence-electron chi connectivity index (χ0n) is 12.6. The van der Waals surface area contributed by atoms with Crippen molar-refractivity contribution in [1.82, 2.24) is 0 Å². The van der Waals surface area contributed by atoms with Crippen LogP contribution in [0, 0.1) is 11.8 Å². The van der Waals surface area contributed by atoms with E-state index in [9.17, 15) is 4.79 Å². The number of para-hydroxylation sites is 1. The molecule has 0 aromatic heterocycles. The summed E-state index contributed by atoms with van der Waals surface area (Å²) >= 11 is 0. The Labute approximate surface area is 120 Å². The number of hydrogen-bond acceptors (Lipinski definition) is 3. The van der Waals surface area contributed by atoms with E-state index in [1.54, 1.807) is 13.2 Å². The Hall–Kier alpha value is -1.99. The van der Waals surface area contributed by atoms with Crippen molar-refractivity contribution >= 4 is 11.8 Å². The minimum absolute atomic E-state index is 0.162. The lowest BCUT2D eigenvalue weighted by molar-refractivity contribution is 0.0636. The second-order valence-electron chi connectivity index (χ2n) is 5.32. The number of carbonyl (C=O) groups is 1. The van der Waals surface area contributed by atoms with E-state index in [0.717, 1.165) is 5.56 Å². The Kier molecular flexibility index (Phi) is 5.60. The third kappa shape index (κ3) is 5.77. The molecule has 0 bridgehead atoms. The Balaban J connectivity index is 2.85. The van der Waals surface area contributed by atoms with E-state index in [2.05, 4.69) is 17.2 Å². The maximum absolute atomic E-state index is 11.8. The fraction of sp³-hybridized carbons (Fsp3) is 0.438. The molecule has 0 aliphatic rings. The number of methoxy groups -OCH3 is 1. The fourth-order valence-electron chi connectivity index (χ4n) is 1.35. The van der Waals surface area contributed by atoms with Crippen LogP contribution in [0.2, 0.25) is 0 Å². The molecule has 0 aliphatic carbocycles. The third-order valence-corrected chi connectivity index (χ3v) is 2.33. The van der Waals surface area contributed by atoms with Crippen molar-refractivity contribution in [3.05, 3.63) is 29.8 Å². The van der Waals surface area contributed by atoms with Crippen LogP contribution in [-0.4, -0.2) is 24.9 Å². The Morgan fingerprint density at radius 3 is 2.55 bits per heavy atom. The number of benzene rings is 1. The molecule has 1 N–H and O–H groups in total. The summed E-state index contributed by atoms with van der Waals surface area (Å²) < 4.78 is 10.3. The predicted octanol–water partition coefficient (Wildman–Crippen LogP) is 3.42. The van der Waals surface area contributed by atoms with E-state index >= 15 is 0 Å². The average Bonchev–Trinajstić information content (AvgIpc) is 2.35. The van der Waals surface area contributed by atoms with E-state index in [1.165, 1.54) is 0 Å². The molecule has 1 amide bonds. The minimum Gasteiger partial charge on any atom is -0.444 e. The van der Waals surface area contributed by atoms with Crippen LogP contribution in [0.1, 0.15) is 33.3 Å². The van der Waals surface area contributed by atoms with Gasteiger partial charge in [-0.25, -0.2) is 4.79 Å². The van der Waals surface area contributed by atoms with Gasteiger partial charge in [0.1, 0.15) is 11.7 Å². The lowest BCUT2D eigenvalue weighted by atomic mass is 10.1. The highest BCUT2D eigenvalue weighted by atomic mass is 16.6. The van der Waals surface area contributed by atoms with Gasteiger partial charge in [-0.15, -0.1) is 0 Å². The molecule has 4 nitrogen and oxygen atoms in total. The van der Waals surface area contributed by atoms with Crippen molar-refractivity contribution in [2.75, 3.05) is 12.4 Å². The maximum Gasteiger partial charge on any atom is 0.412 e. The quantitative estimate of drug-likeness (QED) is 0.841. The van der Waals surface area contributed by atoms with Crippen LogP contribution in [0.4, 0.5) is 10.5 Å². The van der Waals surface area contributed by atoms with E-state index in [-0.39, 0.29) is 6.10 Å². The number of rotatable bonds is 2. The summed E-state index contributed by atoms with van der Waals surface area (Å²) in [5.41, 5.74) is 0.815. The van der Waals surface area contributed by atoms with E-state index < -0.39 is 11.7 Å². The van der Waals surface area contributed by atoms with E-state index in [4.69, 9.17) is 9.47 Å². The molecule has 1 unspecified atom stereocenters. The van der Waals surface area contributed by atoms with Gasteiger partial charge in [0.15, 0.2) is 0 Å². The van der Waals surface area contributed by atoms with Gasteiger partial charge < -0.3 is 9.47 Å². The van der Waals surface area contributed by atoms with Crippen LogP contribution >= 0.6 is 0 Å². The van der Waals surface area contributed by atoms with Gasteiger partial charge in [0.2, 0.25) is 0 Å². The zero-order valence-corrected chi connectivity index (χ0v) is 12.6. The summed E-state index contributed by atoms with van der Waals surface area (Å²) in [7, 11) is 1.60. The standard InChI is InChI=1S/C16H21NO3/c1-12(19-5)10-11-13-8-6-7-9-14(13)17-15(18)20-16(2,3)4/h6-9,12H,1-5H3,(H,17,18). The van der Waals surface area contributed by atoms with Crippen LogP contribution in [0.3, 0.4) is 0 Å². The van der Waals surface area contributed by atoms with Gasteiger partial charge in [-0.2, -0.15) is 0 Å². The Bertz CT molecular complexity index is 521. The van der Waals surface area contributed by atoms with Crippen molar-refractivity contribution in [1.29, 1.82) is 0 Å². The highest BCUT2D eigenvalue weighted by molar-refractivity contribution is 5.86. The van der Waals surface area contributed by atoms with Crippen molar-refractivity contribution < 1.29 is 14.3 Å². The largest absolute Gasteiger partial charge is 0.444 e. The maximum atomic E-state index is 11.8. The van der Waals surface area contributed by atoms with Crippen LogP contribution < -0.4 is 5.32 Å². The molecule has 0 heterocycles. The summed E-state index contributed by atoms with van der Waals surface area (Å²) in [5, 5.41) is 2.70. The van der Waals surface area contributed by atoms with Crippen molar-refractivity contribution in [3.8, 4) is 11.8 Å². The van der Waals surface area contributed by atoms with Gasteiger partial charge in [0, 0.05) is 12.7 Å². The molecule has 108 valence electrons. The second kappa shape index (κ2) is 6.97. The van der Waals surface area contributed by atoms with Gasteiger partial charge in [0.05, 0.1) is 5.69 Å². The third-order valence-electron chi connectivity index (χ3n) is 2.33. The van der Waals surface area contributed by atoms with E-state index in [0.29, 0.717) is 5.69 Å². The first kappa shape index (κ1) is 16.1. The molecular formula is C16H21NO3. The van der Waals surface area contributed by atoms with Crippen molar-refractivity contribution in [2.45, 2.75) is 39.4 Å². The van der Waals surface area contributed by atoms with Gasteiger partial charge >= 0.3 is 6.09 Å². The highest BCUT2D eigenvalue weighted by Gasteiger charge is 2.16. The number of ether oxygens (including phenoxy) is 2. The van der Waals surface area contributed by atoms with Crippen molar-refractivity contribution in [2.24, 2.45) is 0 Å². The summed E-state index contributed by atoms with van der Waals surface area (Å²) in [5.74, 6) is 5.93. The molecule has 0 saturated carbocycles. The fourth-order valence-corrected chi connectivity index (χ4v) is 1.35. The number of anilines is 1. The molecule has 0 saturated heterocycles. The molecule has 1 atom stereocenters. The van der Waals surface area contributed by atoms with Crippen LogP contribution in [0.15, 0.2) is 24.3 Å². The van der Waals surface area contributed by atoms with Crippen LogP contribution in [0.25, 0.3) is 0 Å². The molecule has 4 heteroatoms. The zero-order chi connectivity index (χ0) is 15.2. The molecule has 20 heavy (non-hydrogen) atoms. The number of amides is 1. The molecule has 1 aromatic rings. The second-order valence-corrected chi connectivity index (χ2v) is 5.32. The van der Waals surface area contributed by atoms with Gasteiger partial charge in [-0.1, -0.05) is 24.0 Å². The molecule has 1 aromatic carbocycles. The first-order valence-electron chi connectivity index (χ1n) is 6.45. The van der Waals surface area contributed by atoms with Crippen molar-refractivity contribution in [3.63, 3.8) is 0 Å². The molecule has 1 rings (SSSR count). The summed E-state index contributed by atoms with van der Waals surface area (Å²) in [4.78, 5) is 11.8. The molecule has 0 radical (unpaired) electrons. The monoisotopic (exact) mass is 275 g/mol. The summed E-state index contributed by atoms with van der Waals surface area (Å²) in [6.45, 7) is 7.31. The first-order chi connectivity index (χ1) is 9.31. The van der Waals surface area contributed by atoms with E-state index in [1.807, 2.05) is 45.9 Å². The Morgan fingerprint density at radius 2 is 1.95 bits per heavy atom. The lowest BCUT2D eigenvalue weighted by Gasteiger charge is -2.20. The van der Waals surface area contributed by atoms with Gasteiger partial charge in [-0.3, -0.25) is 5.32 Å². The molecule has 0 spiro atoms. The Morgan fingerprint density at radius 1 is 1.30 bits per heavy atom. The SMILES string of the molecule is COC(C)C#Cc1ccccc1NC(=O)OC(C)(C)C. The number of hydrogen-bond donors (Lipinski definition) is 1. The molecule has 0 aliphatic heterocycles. The normalized spacial score (nSPS) is 12.1. The number of nitrogens with one attached hydrogen (secondary N) is 1. The summed E-state index contributed by atoms with van der Waals surface area (Å²) in [6, 6.07) is 7.31. The molecule has 0 fully saturated rings. The number of carbonyl (C=O) groups excluding carboxylic acids is 1. The molecular weight excluding hydrogens is 254 g/mol. The van der Waals surface area contributed by atoms with Crippen LogP contribution in [0.5, 0.6) is 0 Å². The topological polar surface area (TPSA) is 47.6 Å². The van der Waals surface area contributed by atoms with Gasteiger partial charge in [0.25, 0.3) is 0 Å². The van der Waals surface area contributed by atoms with Crippen LogP contribution in [-0.2, 0) is 9.47 Å². The summed E-state index contributed by atoms with van der Waals surface area (Å²) in [6.07, 6.45) is -0.656. The minimum atomic E-state index is -0.532. The predicted molar refractivity (Wildman–Crippen MR) is 79.6 cm³/mol. The average molecular weight is 275 g/mol.